The van der Waals surface area contributed by atoms with E-state index in [1.807, 2.05) is 0 Å². The Morgan fingerprint density at radius 1 is 1.10 bits per heavy atom. The first kappa shape index (κ1) is 26.7. The van der Waals surface area contributed by atoms with Gasteiger partial charge in [0.1, 0.15) is 5.69 Å². The standard InChI is InChI=1S/C27H36N6O4S2/c1-17-21(16-32-8-6-19(7-9-32)18-4-5-18)24-25(38-17)23(29-27(30-24)33-10-12-37-13-11-33)20-14-22(31-39(3,34)35)26(36-2)28-15-20/h14-15,18-19,31H,4-13,16H2,1-3H3. The van der Waals surface area contributed by atoms with E-state index in [4.69, 9.17) is 19.4 Å². The van der Waals surface area contributed by atoms with Crippen LogP contribution in [0, 0.1) is 18.8 Å². The molecule has 0 aromatic carbocycles. The van der Waals surface area contributed by atoms with Crippen LogP contribution in [0.15, 0.2) is 12.3 Å². The maximum absolute atomic E-state index is 12.0. The highest BCUT2D eigenvalue weighted by atomic mass is 32.2. The molecule has 3 aliphatic rings. The number of hydrogen-bond donors (Lipinski definition) is 1. The van der Waals surface area contributed by atoms with Gasteiger partial charge in [0.15, 0.2) is 0 Å². The summed E-state index contributed by atoms with van der Waals surface area (Å²) >= 11 is 1.70. The molecule has 2 saturated heterocycles. The number of anilines is 2. The lowest BCUT2D eigenvalue weighted by molar-refractivity contribution is 0.122. The number of aromatic nitrogens is 3. The summed E-state index contributed by atoms with van der Waals surface area (Å²) in [7, 11) is -2.06. The average Bonchev–Trinajstić information content (AvgIpc) is 3.73. The fourth-order valence-electron chi connectivity index (χ4n) is 5.80. The van der Waals surface area contributed by atoms with Gasteiger partial charge in [0.2, 0.25) is 21.9 Å². The van der Waals surface area contributed by atoms with Gasteiger partial charge in [-0.3, -0.25) is 9.62 Å². The summed E-state index contributed by atoms with van der Waals surface area (Å²) < 4.78 is 38.5. The monoisotopic (exact) mass is 572 g/mol. The first-order chi connectivity index (χ1) is 18.8. The third-order valence-corrected chi connectivity index (χ3v) is 9.76. The molecule has 5 heterocycles. The average molecular weight is 573 g/mol. The molecule has 3 aromatic rings. The summed E-state index contributed by atoms with van der Waals surface area (Å²) in [6.07, 6.45) is 8.22. The zero-order chi connectivity index (χ0) is 27.1. The topological polar surface area (TPSA) is 110 Å². The third-order valence-electron chi connectivity index (χ3n) is 8.03. The highest BCUT2D eigenvalue weighted by Gasteiger charge is 2.34. The van der Waals surface area contributed by atoms with Crippen molar-refractivity contribution in [1.29, 1.82) is 0 Å². The molecule has 0 bridgehead atoms. The Morgan fingerprint density at radius 3 is 2.49 bits per heavy atom. The molecule has 6 rings (SSSR count). The van der Waals surface area contributed by atoms with Crippen LogP contribution in [0.3, 0.4) is 0 Å². The van der Waals surface area contributed by atoms with Crippen molar-refractivity contribution in [2.24, 2.45) is 11.8 Å². The molecule has 39 heavy (non-hydrogen) atoms. The lowest BCUT2D eigenvalue weighted by Gasteiger charge is -2.32. The summed E-state index contributed by atoms with van der Waals surface area (Å²) in [5.74, 6) is 2.75. The zero-order valence-corrected chi connectivity index (χ0v) is 24.4. The van der Waals surface area contributed by atoms with Gasteiger partial charge in [-0.15, -0.1) is 11.3 Å². The van der Waals surface area contributed by atoms with E-state index in [0.29, 0.717) is 24.7 Å². The number of fused-ring (bicyclic) bond motifs is 1. The number of aryl methyl sites for hydroxylation is 1. The fourth-order valence-corrected chi connectivity index (χ4v) is 7.46. The summed E-state index contributed by atoms with van der Waals surface area (Å²) in [4.78, 5) is 20.5. The number of methoxy groups -OCH3 is 1. The number of likely N-dealkylation sites (tertiary alicyclic amines) is 1. The molecule has 1 aliphatic carbocycles. The van der Waals surface area contributed by atoms with Crippen molar-refractivity contribution in [2.75, 3.05) is 62.4 Å². The van der Waals surface area contributed by atoms with E-state index in [0.717, 1.165) is 66.7 Å². The van der Waals surface area contributed by atoms with Gasteiger partial charge in [0.25, 0.3) is 0 Å². The van der Waals surface area contributed by atoms with Crippen LogP contribution in [-0.4, -0.2) is 81.0 Å². The molecule has 0 amide bonds. The second-order valence-corrected chi connectivity index (χ2v) is 13.9. The number of rotatable bonds is 8. The lowest BCUT2D eigenvalue weighted by Crippen LogP contribution is -2.37. The molecule has 0 atom stereocenters. The van der Waals surface area contributed by atoms with Crippen LogP contribution in [0.4, 0.5) is 11.6 Å². The SMILES string of the molecule is COc1ncc(-c2nc(N3CCOCC3)nc3c(CN4CCC(C5CC5)CC4)c(C)sc23)cc1NS(C)(=O)=O. The number of sulfonamides is 1. The van der Waals surface area contributed by atoms with Gasteiger partial charge in [-0.1, -0.05) is 0 Å². The highest BCUT2D eigenvalue weighted by molar-refractivity contribution is 7.92. The quantitative estimate of drug-likeness (QED) is 0.430. The van der Waals surface area contributed by atoms with E-state index in [2.05, 4.69) is 26.4 Å². The van der Waals surface area contributed by atoms with Gasteiger partial charge < -0.3 is 14.4 Å². The van der Waals surface area contributed by atoms with Gasteiger partial charge in [0.05, 0.1) is 42.5 Å². The molecule has 210 valence electrons. The molecule has 1 saturated carbocycles. The minimum absolute atomic E-state index is 0.209. The van der Waals surface area contributed by atoms with Gasteiger partial charge in [-0.2, -0.15) is 0 Å². The van der Waals surface area contributed by atoms with E-state index in [9.17, 15) is 8.42 Å². The summed E-state index contributed by atoms with van der Waals surface area (Å²) in [6.45, 7) is 8.02. The molecular weight excluding hydrogens is 536 g/mol. The van der Waals surface area contributed by atoms with Crippen molar-refractivity contribution < 1.29 is 17.9 Å². The largest absolute Gasteiger partial charge is 0.480 e. The van der Waals surface area contributed by atoms with Crippen molar-refractivity contribution in [3.8, 4) is 17.1 Å². The van der Waals surface area contributed by atoms with E-state index < -0.39 is 10.0 Å². The van der Waals surface area contributed by atoms with Crippen LogP contribution in [0.5, 0.6) is 5.88 Å². The Morgan fingerprint density at radius 2 is 1.82 bits per heavy atom. The first-order valence-corrected chi connectivity index (χ1v) is 16.4. The van der Waals surface area contributed by atoms with Crippen LogP contribution in [0.1, 0.15) is 36.1 Å². The number of morpholine rings is 1. The van der Waals surface area contributed by atoms with Gasteiger partial charge in [0, 0.05) is 41.8 Å². The maximum atomic E-state index is 12.0. The third kappa shape index (κ3) is 5.84. The number of hydrogen-bond acceptors (Lipinski definition) is 10. The number of nitrogens with one attached hydrogen (secondary N) is 1. The van der Waals surface area contributed by atoms with Crippen LogP contribution in [0.2, 0.25) is 0 Å². The lowest BCUT2D eigenvalue weighted by atomic mass is 9.92. The minimum Gasteiger partial charge on any atom is -0.480 e. The van der Waals surface area contributed by atoms with Crippen molar-refractivity contribution in [3.63, 3.8) is 0 Å². The molecule has 3 fully saturated rings. The second kappa shape index (κ2) is 10.8. The second-order valence-electron chi connectivity index (χ2n) is 10.9. The molecular formula is C27H36N6O4S2. The van der Waals surface area contributed by atoms with Gasteiger partial charge in [-0.25, -0.2) is 23.4 Å². The van der Waals surface area contributed by atoms with E-state index in [-0.39, 0.29) is 11.6 Å². The number of nitrogens with zero attached hydrogens (tertiary/aromatic N) is 5. The van der Waals surface area contributed by atoms with Crippen LogP contribution in [-0.2, 0) is 21.3 Å². The van der Waals surface area contributed by atoms with Crippen molar-refractivity contribution >= 4 is 43.2 Å². The number of ether oxygens (including phenoxy) is 2. The number of pyridine rings is 1. The van der Waals surface area contributed by atoms with E-state index in [1.54, 1.807) is 23.6 Å². The Bertz CT molecular complexity index is 1460. The van der Waals surface area contributed by atoms with Crippen molar-refractivity contribution in [1.82, 2.24) is 19.9 Å². The zero-order valence-electron chi connectivity index (χ0n) is 22.8. The van der Waals surface area contributed by atoms with Crippen molar-refractivity contribution in [3.05, 3.63) is 22.7 Å². The maximum Gasteiger partial charge on any atom is 0.238 e. The summed E-state index contributed by atoms with van der Waals surface area (Å²) in [5.41, 5.74) is 3.97. The Labute approximate surface area is 233 Å². The van der Waals surface area contributed by atoms with Crippen LogP contribution >= 0.6 is 11.3 Å². The summed E-state index contributed by atoms with van der Waals surface area (Å²) in [6, 6.07) is 1.75. The van der Waals surface area contributed by atoms with E-state index >= 15 is 0 Å². The predicted molar refractivity (Wildman–Crippen MR) is 154 cm³/mol. The Hall–Kier alpha value is -2.54. The van der Waals surface area contributed by atoms with Crippen LogP contribution in [0.25, 0.3) is 21.5 Å². The molecule has 0 radical (unpaired) electrons. The normalized spacial score (nSPS) is 19.5. The molecule has 0 spiro atoms. The molecule has 3 aromatic heterocycles. The highest BCUT2D eigenvalue weighted by Crippen LogP contribution is 2.43. The molecule has 10 nitrogen and oxygen atoms in total. The summed E-state index contributed by atoms with van der Waals surface area (Å²) in [5, 5.41) is 0. The van der Waals surface area contributed by atoms with Crippen molar-refractivity contribution in [2.45, 2.75) is 39.2 Å². The molecule has 1 N–H and O–H groups in total. The molecule has 0 unspecified atom stereocenters. The number of thiophene rings is 1. The van der Waals surface area contributed by atoms with Gasteiger partial charge >= 0.3 is 0 Å². The van der Waals surface area contributed by atoms with Crippen LogP contribution < -0.4 is 14.4 Å². The predicted octanol–water partition coefficient (Wildman–Crippen LogP) is 3.90. The van der Waals surface area contributed by atoms with Gasteiger partial charge in [-0.05, 0) is 63.6 Å². The first-order valence-electron chi connectivity index (χ1n) is 13.7. The Kier molecular flexibility index (Phi) is 7.38. The van der Waals surface area contributed by atoms with E-state index in [1.165, 1.54) is 43.2 Å². The Balaban J connectivity index is 1.41. The number of piperidine rings is 1. The fraction of sp³-hybridized carbons (Fsp3) is 0.593. The minimum atomic E-state index is -3.53. The molecule has 12 heteroatoms. The smallest absolute Gasteiger partial charge is 0.238 e. The molecule has 2 aliphatic heterocycles.